The minimum atomic E-state index is 0.340. The van der Waals surface area contributed by atoms with Crippen molar-refractivity contribution in [2.24, 2.45) is 0 Å². The third-order valence-corrected chi connectivity index (χ3v) is 19.7. The number of rotatable bonds is 9. The van der Waals surface area contributed by atoms with Crippen LogP contribution in [-0.2, 0) is 0 Å². The van der Waals surface area contributed by atoms with Crippen LogP contribution in [0.15, 0.2) is 334 Å². The second kappa shape index (κ2) is 20.8. The summed E-state index contributed by atoms with van der Waals surface area (Å²) >= 11 is 0. The van der Waals surface area contributed by atoms with Gasteiger partial charge in [-0.25, -0.2) is 0 Å². The van der Waals surface area contributed by atoms with Crippen LogP contribution < -0.4 is 0 Å². The van der Waals surface area contributed by atoms with Gasteiger partial charge >= 0.3 is 0 Å². The van der Waals surface area contributed by atoms with Crippen molar-refractivity contribution < 1.29 is 0 Å². The highest BCUT2D eigenvalue weighted by Crippen LogP contribution is 2.43. The van der Waals surface area contributed by atoms with Crippen molar-refractivity contribution in [2.45, 2.75) is 12.3 Å². The summed E-state index contributed by atoms with van der Waals surface area (Å²) in [6, 6.07) is 115. The zero-order chi connectivity index (χ0) is 60.4. The third-order valence-electron chi connectivity index (χ3n) is 19.7. The minimum Gasteiger partial charge on any atom is -0.309 e. The van der Waals surface area contributed by atoms with E-state index in [1.807, 2.05) is 0 Å². The molecule has 1 unspecified atom stereocenters. The highest BCUT2D eigenvalue weighted by atomic mass is 15.0. The maximum Gasteiger partial charge on any atom is 0.0541 e. The lowest BCUT2D eigenvalue weighted by Gasteiger charge is -2.16. The maximum atomic E-state index is 2.48. The summed E-state index contributed by atoms with van der Waals surface area (Å²) in [6.07, 6.45) is 9.95. The molecule has 4 aromatic heterocycles. The molecule has 1 aliphatic rings. The Kier molecular flexibility index (Phi) is 11.8. The molecule has 0 bridgehead atoms. The van der Waals surface area contributed by atoms with Gasteiger partial charge in [-0.05, 0) is 195 Å². The van der Waals surface area contributed by atoms with Gasteiger partial charge in [-0.15, -0.1) is 0 Å². The SMILES string of the molecule is C1=CCC(c2cccc(-n3c4ccc(-c5ccc(-n6c7ccccc7c7ccccc76)cc5)cc4c4cc(-c5ccc6c(c5)c5cc(-c7ccc(-c8ccc9c(c8)c8ccccc8n9-c8ccc9ccccc9c8)cc7)ccc5n6-c5ccccc5)ccc43)c2)C=C1. The van der Waals surface area contributed by atoms with Gasteiger partial charge in [0.2, 0.25) is 0 Å². The van der Waals surface area contributed by atoms with Crippen molar-refractivity contribution in [1.29, 1.82) is 0 Å². The second-order valence-electron chi connectivity index (χ2n) is 24.8. The first-order valence-electron chi connectivity index (χ1n) is 32.0. The number of aromatic nitrogens is 4. The van der Waals surface area contributed by atoms with Crippen LogP contribution in [0.1, 0.15) is 17.9 Å². The summed E-state index contributed by atoms with van der Waals surface area (Å²) in [4.78, 5) is 0. The van der Waals surface area contributed by atoms with Crippen LogP contribution in [0, 0.1) is 0 Å². The van der Waals surface area contributed by atoms with Gasteiger partial charge in [0.1, 0.15) is 0 Å². The molecule has 0 saturated heterocycles. The molecule has 0 amide bonds. The average molecular weight is 1170 g/mol. The summed E-state index contributed by atoms with van der Waals surface area (Å²) in [7, 11) is 0. The van der Waals surface area contributed by atoms with Gasteiger partial charge in [-0.3, -0.25) is 0 Å². The Labute approximate surface area is 532 Å². The topological polar surface area (TPSA) is 19.7 Å². The quantitative estimate of drug-likeness (QED) is 0.137. The number of para-hydroxylation sites is 4. The van der Waals surface area contributed by atoms with Crippen molar-refractivity contribution in [2.75, 3.05) is 0 Å². The van der Waals surface area contributed by atoms with E-state index < -0.39 is 0 Å². The Balaban J connectivity index is 0.713. The molecule has 1 aliphatic carbocycles. The lowest BCUT2D eigenvalue weighted by molar-refractivity contribution is 0.852. The Morgan fingerprint density at radius 2 is 0.565 bits per heavy atom. The molecule has 92 heavy (non-hydrogen) atoms. The zero-order valence-electron chi connectivity index (χ0n) is 50.3. The average Bonchev–Trinajstić information content (AvgIpc) is 1.63. The predicted octanol–water partition coefficient (Wildman–Crippen LogP) is 23.5. The molecular formula is C88H58N4. The molecule has 14 aromatic carbocycles. The summed E-state index contributed by atoms with van der Waals surface area (Å²) in [6.45, 7) is 0. The number of hydrogen-bond donors (Lipinski definition) is 0. The molecule has 430 valence electrons. The highest BCUT2D eigenvalue weighted by molar-refractivity contribution is 6.15. The van der Waals surface area contributed by atoms with Gasteiger partial charge in [0, 0.05) is 71.8 Å². The number of hydrogen-bond acceptors (Lipinski definition) is 0. The van der Waals surface area contributed by atoms with Crippen molar-refractivity contribution >= 4 is 98.0 Å². The normalized spacial score (nSPS) is 13.4. The molecular weight excluding hydrogens is 1110 g/mol. The molecule has 4 heterocycles. The minimum absolute atomic E-state index is 0.340. The van der Waals surface area contributed by atoms with Crippen LogP contribution in [0.3, 0.4) is 0 Å². The molecule has 0 saturated carbocycles. The van der Waals surface area contributed by atoms with E-state index in [9.17, 15) is 0 Å². The van der Waals surface area contributed by atoms with E-state index in [4.69, 9.17) is 0 Å². The number of nitrogens with zero attached hydrogens (tertiary/aromatic N) is 4. The molecule has 4 heteroatoms. The van der Waals surface area contributed by atoms with Gasteiger partial charge in [0.15, 0.2) is 0 Å². The monoisotopic (exact) mass is 1170 g/mol. The molecule has 0 spiro atoms. The van der Waals surface area contributed by atoms with E-state index >= 15 is 0 Å². The Morgan fingerprint density at radius 1 is 0.217 bits per heavy atom. The van der Waals surface area contributed by atoms with E-state index in [1.54, 1.807) is 0 Å². The third kappa shape index (κ3) is 8.31. The molecule has 18 aromatic rings. The molecule has 4 nitrogen and oxygen atoms in total. The maximum absolute atomic E-state index is 2.48. The van der Waals surface area contributed by atoms with Crippen molar-refractivity contribution in [3.8, 4) is 67.3 Å². The fourth-order valence-electron chi connectivity index (χ4n) is 15.2. The Hall–Kier alpha value is -12.0. The van der Waals surface area contributed by atoms with E-state index in [0.717, 1.165) is 17.8 Å². The number of fused-ring (bicyclic) bond motifs is 13. The molecule has 0 fully saturated rings. The van der Waals surface area contributed by atoms with Gasteiger partial charge in [-0.2, -0.15) is 0 Å². The van der Waals surface area contributed by atoms with E-state index in [0.29, 0.717) is 5.92 Å². The lowest BCUT2D eigenvalue weighted by Crippen LogP contribution is -1.99. The lowest BCUT2D eigenvalue weighted by atomic mass is 9.92. The zero-order valence-corrected chi connectivity index (χ0v) is 50.3. The fourth-order valence-corrected chi connectivity index (χ4v) is 15.2. The van der Waals surface area contributed by atoms with Gasteiger partial charge in [0.25, 0.3) is 0 Å². The van der Waals surface area contributed by atoms with E-state index in [2.05, 4.69) is 352 Å². The largest absolute Gasteiger partial charge is 0.309 e. The Morgan fingerprint density at radius 3 is 1.05 bits per heavy atom. The van der Waals surface area contributed by atoms with Crippen LogP contribution >= 0.6 is 0 Å². The standard InChI is InChI=1S/C88H58N4/c1-3-16-57(17-4-1)63-20-15-23-71(50-63)91-87-47-39-66(61-34-42-70(43-35-61)90-81-27-12-9-24-73(81)74-25-10-13-28-82(74)90)54-78(87)80-56-68(41-49-88(80)91)67-40-48-86-79(55-67)77-53-65(38-46-85(77)89(86)69-21-5-2-6-22-69)60-32-30-59(31-33-60)64-37-45-84-76(52-64)75-26-11-14-29-83(75)92(84)72-44-36-58-18-7-8-19-62(58)51-72/h1-16,18-57H,17H2. The first kappa shape index (κ1) is 52.0. The van der Waals surface area contributed by atoms with Crippen molar-refractivity contribution in [3.05, 3.63) is 339 Å². The second-order valence-corrected chi connectivity index (χ2v) is 24.8. The first-order valence-corrected chi connectivity index (χ1v) is 32.0. The van der Waals surface area contributed by atoms with Crippen molar-refractivity contribution in [1.82, 2.24) is 18.3 Å². The Bertz CT molecular complexity index is 6030. The summed E-state index contributed by atoms with van der Waals surface area (Å²) in [5.41, 5.74) is 25.0. The van der Waals surface area contributed by atoms with Crippen LogP contribution in [0.5, 0.6) is 0 Å². The van der Waals surface area contributed by atoms with Crippen molar-refractivity contribution in [3.63, 3.8) is 0 Å². The van der Waals surface area contributed by atoms with E-state index in [-0.39, 0.29) is 0 Å². The summed E-state index contributed by atoms with van der Waals surface area (Å²) < 4.78 is 9.71. The van der Waals surface area contributed by atoms with Crippen LogP contribution in [-0.4, -0.2) is 18.3 Å². The number of benzene rings is 14. The molecule has 1 atom stereocenters. The number of allylic oxidation sites excluding steroid dienone is 4. The van der Waals surface area contributed by atoms with Gasteiger partial charge < -0.3 is 18.3 Å². The highest BCUT2D eigenvalue weighted by Gasteiger charge is 2.21. The summed E-state index contributed by atoms with van der Waals surface area (Å²) in [5.74, 6) is 0.340. The van der Waals surface area contributed by atoms with E-state index in [1.165, 1.54) is 159 Å². The van der Waals surface area contributed by atoms with Crippen LogP contribution in [0.4, 0.5) is 0 Å². The fraction of sp³-hybridized carbons (Fsp3) is 0.0227. The molecule has 0 N–H and O–H groups in total. The van der Waals surface area contributed by atoms with Crippen LogP contribution in [0.25, 0.3) is 165 Å². The predicted molar refractivity (Wildman–Crippen MR) is 389 cm³/mol. The smallest absolute Gasteiger partial charge is 0.0541 e. The molecule has 19 rings (SSSR count). The molecule has 0 radical (unpaired) electrons. The molecule has 0 aliphatic heterocycles. The van der Waals surface area contributed by atoms with Gasteiger partial charge in [0.05, 0.1) is 44.1 Å². The summed E-state index contributed by atoms with van der Waals surface area (Å²) in [5, 5.41) is 12.4. The van der Waals surface area contributed by atoms with Crippen LogP contribution in [0.2, 0.25) is 0 Å². The first-order chi connectivity index (χ1) is 45.6. The van der Waals surface area contributed by atoms with Gasteiger partial charge in [-0.1, -0.05) is 206 Å².